The molecule has 0 unspecified atom stereocenters. The van der Waals surface area contributed by atoms with Crippen molar-refractivity contribution in [2.45, 2.75) is 55.6 Å². The molecule has 0 aromatic heterocycles. The van der Waals surface area contributed by atoms with Crippen LogP contribution in [0.25, 0.3) is 0 Å². The molecule has 1 aliphatic rings. The third-order valence-electron chi connectivity index (χ3n) is 3.16. The first-order valence-corrected chi connectivity index (χ1v) is 6.89. The Morgan fingerprint density at radius 2 is 1.94 bits per heavy atom. The highest BCUT2D eigenvalue weighted by Crippen LogP contribution is 2.52. The maximum atomic E-state index is 9.20. The summed E-state index contributed by atoms with van der Waals surface area (Å²) in [4.78, 5) is 1.28. The lowest BCUT2D eigenvalue weighted by atomic mass is 9.86. The van der Waals surface area contributed by atoms with E-state index in [0.29, 0.717) is 0 Å². The second-order valence-corrected chi connectivity index (χ2v) is 7.38. The van der Waals surface area contributed by atoms with Gasteiger partial charge in [-0.1, -0.05) is 38.5 Å². The molecular formula is C15H19NS. The van der Waals surface area contributed by atoms with Gasteiger partial charge in [-0.15, -0.1) is 11.8 Å². The van der Waals surface area contributed by atoms with E-state index in [1.165, 1.54) is 16.0 Å². The van der Waals surface area contributed by atoms with Crippen LogP contribution in [0.5, 0.6) is 0 Å². The molecule has 0 heterocycles. The van der Waals surface area contributed by atoms with E-state index in [9.17, 15) is 5.26 Å². The van der Waals surface area contributed by atoms with Gasteiger partial charge in [0, 0.05) is 4.90 Å². The molecule has 1 nitrogen and oxygen atoms in total. The van der Waals surface area contributed by atoms with Crippen LogP contribution < -0.4 is 0 Å². The summed E-state index contributed by atoms with van der Waals surface area (Å²) in [6.07, 6.45) is 2.07. The number of rotatable bonds is 2. The number of nitrogens with zero attached hydrogens (tertiary/aromatic N) is 1. The Bertz CT molecular complexity index is 473. The fourth-order valence-electron chi connectivity index (χ4n) is 1.88. The molecule has 1 saturated carbocycles. The number of aryl methyl sites for hydroxylation is 1. The van der Waals surface area contributed by atoms with E-state index in [2.05, 4.69) is 52.0 Å². The highest BCUT2D eigenvalue weighted by molar-refractivity contribution is 8.01. The average Bonchev–Trinajstić information content (AvgIpc) is 3.00. The van der Waals surface area contributed by atoms with Gasteiger partial charge in [0.2, 0.25) is 0 Å². The molecule has 0 N–H and O–H groups in total. The Hall–Kier alpha value is -0.940. The second kappa shape index (κ2) is 4.07. The minimum absolute atomic E-state index is 0.130. The third-order valence-corrected chi connectivity index (χ3v) is 4.62. The standard InChI is InChI=1S/C15H19NS/c1-11-5-6-13(12(9-11)14(2,3)4)17-15(10-16)7-8-15/h5-6,9H,7-8H2,1-4H3. The Morgan fingerprint density at radius 3 is 2.41 bits per heavy atom. The number of thioether (sulfide) groups is 1. The molecular weight excluding hydrogens is 226 g/mol. The first-order valence-electron chi connectivity index (χ1n) is 6.08. The van der Waals surface area contributed by atoms with Crippen molar-refractivity contribution < 1.29 is 0 Å². The van der Waals surface area contributed by atoms with Crippen molar-refractivity contribution in [1.29, 1.82) is 5.26 Å². The SMILES string of the molecule is Cc1ccc(SC2(C#N)CC2)c(C(C)(C)C)c1. The molecule has 0 aliphatic heterocycles. The van der Waals surface area contributed by atoms with Crippen molar-refractivity contribution in [2.24, 2.45) is 0 Å². The van der Waals surface area contributed by atoms with Crippen LogP contribution >= 0.6 is 11.8 Å². The summed E-state index contributed by atoms with van der Waals surface area (Å²) >= 11 is 1.76. The molecule has 0 radical (unpaired) electrons. The Kier molecular flexibility index (Phi) is 2.99. The maximum Gasteiger partial charge on any atom is 0.107 e. The van der Waals surface area contributed by atoms with Gasteiger partial charge in [0.25, 0.3) is 0 Å². The minimum Gasteiger partial charge on any atom is -0.197 e. The van der Waals surface area contributed by atoms with Crippen molar-refractivity contribution in [3.8, 4) is 6.07 Å². The van der Waals surface area contributed by atoms with Gasteiger partial charge in [-0.05, 0) is 36.8 Å². The predicted octanol–water partition coefficient (Wildman–Crippen LogP) is 4.44. The Balaban J connectivity index is 2.37. The molecule has 0 atom stereocenters. The summed E-state index contributed by atoms with van der Waals surface area (Å²) in [6, 6.07) is 9.04. The minimum atomic E-state index is -0.130. The quantitative estimate of drug-likeness (QED) is 0.769. The normalized spacial score (nSPS) is 17.6. The molecule has 0 saturated heterocycles. The van der Waals surface area contributed by atoms with Gasteiger partial charge >= 0.3 is 0 Å². The Morgan fingerprint density at radius 1 is 1.29 bits per heavy atom. The average molecular weight is 245 g/mol. The number of hydrogen-bond acceptors (Lipinski definition) is 2. The summed E-state index contributed by atoms with van der Waals surface area (Å²) in [5.41, 5.74) is 2.80. The fourth-order valence-corrected chi connectivity index (χ4v) is 3.26. The lowest BCUT2D eigenvalue weighted by Gasteiger charge is -2.24. The summed E-state index contributed by atoms with van der Waals surface area (Å²) in [5.74, 6) is 0. The highest BCUT2D eigenvalue weighted by atomic mass is 32.2. The maximum absolute atomic E-state index is 9.20. The van der Waals surface area contributed by atoms with Crippen LogP contribution in [0.1, 0.15) is 44.7 Å². The zero-order chi connectivity index (χ0) is 12.7. The number of benzene rings is 1. The van der Waals surface area contributed by atoms with E-state index in [1.54, 1.807) is 11.8 Å². The molecule has 1 aromatic carbocycles. The molecule has 1 fully saturated rings. The molecule has 1 aliphatic carbocycles. The summed E-state index contributed by atoms with van der Waals surface area (Å²) < 4.78 is -0.130. The topological polar surface area (TPSA) is 23.8 Å². The van der Waals surface area contributed by atoms with Gasteiger partial charge in [-0.25, -0.2) is 0 Å². The van der Waals surface area contributed by atoms with Crippen molar-refractivity contribution in [1.82, 2.24) is 0 Å². The first kappa shape index (κ1) is 12.5. The largest absolute Gasteiger partial charge is 0.197 e. The highest BCUT2D eigenvalue weighted by Gasteiger charge is 2.45. The van der Waals surface area contributed by atoms with Crippen LogP contribution in [-0.2, 0) is 5.41 Å². The zero-order valence-corrected chi connectivity index (χ0v) is 11.8. The smallest absolute Gasteiger partial charge is 0.107 e. The molecule has 1 aromatic rings. The van der Waals surface area contributed by atoms with E-state index in [1.807, 2.05) is 0 Å². The molecule has 2 rings (SSSR count). The van der Waals surface area contributed by atoms with E-state index >= 15 is 0 Å². The lowest BCUT2D eigenvalue weighted by Crippen LogP contribution is -2.14. The van der Waals surface area contributed by atoms with Crippen molar-refractivity contribution in [2.75, 3.05) is 0 Å². The predicted molar refractivity (Wildman–Crippen MR) is 73.3 cm³/mol. The van der Waals surface area contributed by atoms with Gasteiger partial charge in [0.15, 0.2) is 0 Å². The molecule has 17 heavy (non-hydrogen) atoms. The number of nitriles is 1. The van der Waals surface area contributed by atoms with Crippen LogP contribution in [-0.4, -0.2) is 4.75 Å². The number of hydrogen-bond donors (Lipinski definition) is 0. The lowest BCUT2D eigenvalue weighted by molar-refractivity contribution is 0.577. The molecule has 2 heteroatoms. The molecule has 90 valence electrons. The van der Waals surface area contributed by atoms with Crippen LogP contribution in [0.15, 0.2) is 23.1 Å². The van der Waals surface area contributed by atoms with Gasteiger partial charge in [-0.3, -0.25) is 0 Å². The van der Waals surface area contributed by atoms with E-state index in [4.69, 9.17) is 0 Å². The second-order valence-electron chi connectivity index (χ2n) is 5.96. The fraction of sp³-hybridized carbons (Fsp3) is 0.533. The molecule has 0 amide bonds. The van der Waals surface area contributed by atoms with Crippen LogP contribution in [0.4, 0.5) is 0 Å². The van der Waals surface area contributed by atoms with Gasteiger partial charge in [0.1, 0.15) is 4.75 Å². The third kappa shape index (κ3) is 2.66. The monoisotopic (exact) mass is 245 g/mol. The van der Waals surface area contributed by atoms with E-state index < -0.39 is 0 Å². The van der Waals surface area contributed by atoms with Gasteiger partial charge in [0.05, 0.1) is 6.07 Å². The molecule has 0 bridgehead atoms. The van der Waals surface area contributed by atoms with Crippen molar-refractivity contribution in [3.05, 3.63) is 29.3 Å². The first-order chi connectivity index (χ1) is 7.86. The van der Waals surface area contributed by atoms with Crippen LogP contribution in [0, 0.1) is 18.3 Å². The summed E-state index contributed by atoms with van der Waals surface area (Å²) in [7, 11) is 0. The van der Waals surface area contributed by atoms with E-state index in [0.717, 1.165) is 12.8 Å². The van der Waals surface area contributed by atoms with Crippen LogP contribution in [0.2, 0.25) is 0 Å². The Labute approximate surface area is 108 Å². The zero-order valence-electron chi connectivity index (χ0n) is 11.0. The summed E-state index contributed by atoms with van der Waals surface area (Å²) in [6.45, 7) is 8.83. The van der Waals surface area contributed by atoms with Gasteiger partial charge < -0.3 is 0 Å². The molecule has 0 spiro atoms. The van der Waals surface area contributed by atoms with Crippen LogP contribution in [0.3, 0.4) is 0 Å². The summed E-state index contributed by atoms with van der Waals surface area (Å²) in [5, 5.41) is 9.20. The van der Waals surface area contributed by atoms with Crippen molar-refractivity contribution >= 4 is 11.8 Å². The van der Waals surface area contributed by atoms with Gasteiger partial charge in [-0.2, -0.15) is 5.26 Å². The van der Waals surface area contributed by atoms with Crippen molar-refractivity contribution in [3.63, 3.8) is 0 Å². The van der Waals surface area contributed by atoms with E-state index in [-0.39, 0.29) is 10.2 Å².